The minimum Gasteiger partial charge on any atom is -0.306 e. The van der Waals surface area contributed by atoms with Crippen LogP contribution in [0.15, 0.2) is 60.7 Å². The molecule has 1 fully saturated rings. The molecule has 0 atom stereocenters. The van der Waals surface area contributed by atoms with Crippen LogP contribution < -0.4 is 5.32 Å². The third-order valence-corrected chi connectivity index (χ3v) is 7.23. The average molecular weight is 429 g/mol. The Morgan fingerprint density at radius 2 is 1.65 bits per heavy atom. The van der Waals surface area contributed by atoms with E-state index in [2.05, 4.69) is 74.7 Å². The molecule has 0 radical (unpaired) electrons. The van der Waals surface area contributed by atoms with Gasteiger partial charge in [-0.1, -0.05) is 54.1 Å². The molecule has 31 heavy (non-hydrogen) atoms. The van der Waals surface area contributed by atoms with Crippen LogP contribution in [-0.2, 0) is 13.1 Å². The van der Waals surface area contributed by atoms with Gasteiger partial charge in [0.1, 0.15) is 5.82 Å². The number of hydrogen-bond donors (Lipinski definition) is 1. The van der Waals surface area contributed by atoms with Crippen molar-refractivity contribution in [2.75, 3.05) is 0 Å². The first-order chi connectivity index (χ1) is 15.3. The first kappa shape index (κ1) is 19.0. The maximum Gasteiger partial charge on any atom is 0.151 e. The van der Waals surface area contributed by atoms with E-state index in [-0.39, 0.29) is 0 Å². The fourth-order valence-electron chi connectivity index (χ4n) is 5.46. The Bertz CT molecular complexity index is 1250. The van der Waals surface area contributed by atoms with Gasteiger partial charge in [-0.2, -0.15) is 0 Å². The monoisotopic (exact) mass is 428 g/mol. The summed E-state index contributed by atoms with van der Waals surface area (Å²) >= 11 is 6.27. The van der Waals surface area contributed by atoms with Crippen LogP contribution in [0.2, 0.25) is 5.02 Å². The van der Waals surface area contributed by atoms with Crippen molar-refractivity contribution in [3.8, 4) is 5.69 Å². The summed E-state index contributed by atoms with van der Waals surface area (Å²) in [6.07, 6.45) is 4.66. The lowest BCUT2D eigenvalue weighted by Crippen LogP contribution is -2.17. The molecule has 0 unspecified atom stereocenters. The number of hydrogen-bond acceptors (Lipinski definition) is 3. The molecule has 0 spiro atoms. The van der Waals surface area contributed by atoms with E-state index < -0.39 is 0 Å². The van der Waals surface area contributed by atoms with Crippen LogP contribution >= 0.6 is 11.6 Å². The molecule has 4 nitrogen and oxygen atoms in total. The van der Waals surface area contributed by atoms with Crippen molar-refractivity contribution >= 4 is 22.4 Å². The maximum atomic E-state index is 6.27. The molecule has 1 N–H and O–H groups in total. The van der Waals surface area contributed by atoms with E-state index in [0.29, 0.717) is 11.8 Å². The van der Waals surface area contributed by atoms with Crippen LogP contribution in [0.1, 0.15) is 60.3 Å². The van der Waals surface area contributed by atoms with Gasteiger partial charge < -0.3 is 5.32 Å². The normalized spacial score (nSPS) is 20.8. The minimum absolute atomic E-state index is 0.439. The zero-order valence-corrected chi connectivity index (χ0v) is 18.1. The first-order valence-electron chi connectivity index (χ1n) is 11.2. The van der Waals surface area contributed by atoms with Crippen molar-refractivity contribution in [3.63, 3.8) is 0 Å². The van der Waals surface area contributed by atoms with Crippen LogP contribution in [0.25, 0.3) is 16.5 Å². The topological polar surface area (TPSA) is 42.7 Å². The van der Waals surface area contributed by atoms with E-state index in [1.807, 2.05) is 6.07 Å². The van der Waals surface area contributed by atoms with Gasteiger partial charge in [-0.3, -0.25) is 4.57 Å². The smallest absolute Gasteiger partial charge is 0.151 e. The van der Waals surface area contributed by atoms with Crippen LogP contribution in [-0.4, -0.2) is 14.8 Å². The highest BCUT2D eigenvalue weighted by Crippen LogP contribution is 2.42. The van der Waals surface area contributed by atoms with E-state index in [0.717, 1.165) is 42.6 Å². The minimum atomic E-state index is 0.439. The van der Waals surface area contributed by atoms with Crippen molar-refractivity contribution < 1.29 is 0 Å². The third-order valence-electron chi connectivity index (χ3n) is 6.99. The van der Waals surface area contributed by atoms with Gasteiger partial charge in [0.15, 0.2) is 5.82 Å². The number of nitrogens with one attached hydrogen (secondary N) is 1. The molecule has 4 aromatic rings. The van der Waals surface area contributed by atoms with Crippen LogP contribution in [0.3, 0.4) is 0 Å². The summed E-state index contributed by atoms with van der Waals surface area (Å²) in [5, 5.41) is 16.2. The quantitative estimate of drug-likeness (QED) is 0.418. The predicted molar refractivity (Wildman–Crippen MR) is 125 cm³/mol. The number of fused-ring (bicyclic) bond motifs is 4. The summed E-state index contributed by atoms with van der Waals surface area (Å²) in [5.74, 6) is 3.15. The van der Waals surface area contributed by atoms with Gasteiger partial charge in [0.25, 0.3) is 0 Å². The molecule has 1 saturated carbocycles. The number of benzene rings is 3. The molecule has 3 aromatic carbocycles. The summed E-state index contributed by atoms with van der Waals surface area (Å²) < 4.78 is 2.29. The Kier molecular flexibility index (Phi) is 4.77. The second-order valence-electron chi connectivity index (χ2n) is 8.80. The van der Waals surface area contributed by atoms with Gasteiger partial charge in [0, 0.05) is 17.5 Å². The summed E-state index contributed by atoms with van der Waals surface area (Å²) in [4.78, 5) is 0. The Balaban J connectivity index is 1.30. The molecule has 6 rings (SSSR count). The SMILES string of the molecule is Clc1ccc2c(c1)CNCc1nnc([C@H]3CC[C@H](c4cccc5ccccc54)CC3)n1-2. The van der Waals surface area contributed by atoms with Gasteiger partial charge in [0.05, 0.1) is 12.2 Å². The average Bonchev–Trinajstić information content (AvgIpc) is 3.14. The number of aromatic nitrogens is 3. The van der Waals surface area contributed by atoms with Gasteiger partial charge in [-0.05, 0) is 71.7 Å². The molecule has 156 valence electrons. The summed E-state index contributed by atoms with van der Waals surface area (Å²) in [6.45, 7) is 1.52. The molecule has 2 heterocycles. The number of nitrogens with zero attached hydrogens (tertiary/aromatic N) is 3. The molecule has 0 amide bonds. The molecule has 5 heteroatoms. The van der Waals surface area contributed by atoms with Crippen LogP contribution in [0.4, 0.5) is 0 Å². The Morgan fingerprint density at radius 1 is 0.839 bits per heavy atom. The fourth-order valence-corrected chi connectivity index (χ4v) is 5.66. The van der Waals surface area contributed by atoms with E-state index in [9.17, 15) is 0 Å². The van der Waals surface area contributed by atoms with Gasteiger partial charge in [-0.25, -0.2) is 0 Å². The molecule has 2 aliphatic rings. The van der Waals surface area contributed by atoms with Crippen LogP contribution in [0, 0.1) is 0 Å². The van der Waals surface area contributed by atoms with E-state index in [4.69, 9.17) is 11.6 Å². The standard InChI is InChI=1S/C26H25ClN4/c27-21-12-13-24-20(14-21)15-28-16-25-29-30-26(31(24)25)19-10-8-18(9-11-19)23-7-3-5-17-4-1-2-6-22(17)23/h1-7,12-14,18-19,28H,8-11,15-16H2/t18-,19-. The van der Waals surface area contributed by atoms with Crippen molar-refractivity contribution in [2.45, 2.75) is 50.6 Å². The summed E-state index contributed by atoms with van der Waals surface area (Å²) in [5.41, 5.74) is 3.87. The second kappa shape index (κ2) is 7.77. The Morgan fingerprint density at radius 3 is 2.55 bits per heavy atom. The largest absolute Gasteiger partial charge is 0.306 e. The second-order valence-corrected chi connectivity index (χ2v) is 9.24. The van der Waals surface area contributed by atoms with E-state index in [1.54, 1.807) is 0 Å². The van der Waals surface area contributed by atoms with Gasteiger partial charge in [-0.15, -0.1) is 10.2 Å². The number of rotatable bonds is 2. The van der Waals surface area contributed by atoms with Crippen molar-refractivity contribution in [1.82, 2.24) is 20.1 Å². The molecule has 1 aromatic heterocycles. The fraction of sp³-hybridized carbons (Fsp3) is 0.308. The maximum absolute atomic E-state index is 6.27. The highest BCUT2D eigenvalue weighted by Gasteiger charge is 2.30. The highest BCUT2D eigenvalue weighted by atomic mass is 35.5. The number of halogens is 1. The predicted octanol–water partition coefficient (Wildman–Crippen LogP) is 6.12. The molecule has 1 aliphatic carbocycles. The van der Waals surface area contributed by atoms with Gasteiger partial charge in [0.2, 0.25) is 0 Å². The third kappa shape index (κ3) is 3.35. The zero-order chi connectivity index (χ0) is 20.8. The lowest BCUT2D eigenvalue weighted by molar-refractivity contribution is 0.383. The van der Waals surface area contributed by atoms with Crippen molar-refractivity contribution in [3.05, 3.63) is 88.5 Å². The van der Waals surface area contributed by atoms with Crippen LogP contribution in [0.5, 0.6) is 0 Å². The lowest BCUT2D eigenvalue weighted by Gasteiger charge is -2.29. The van der Waals surface area contributed by atoms with E-state index in [1.165, 1.54) is 40.4 Å². The molecule has 0 bridgehead atoms. The van der Waals surface area contributed by atoms with E-state index >= 15 is 0 Å². The van der Waals surface area contributed by atoms with Gasteiger partial charge >= 0.3 is 0 Å². The molecular weight excluding hydrogens is 404 g/mol. The highest BCUT2D eigenvalue weighted by molar-refractivity contribution is 6.30. The first-order valence-corrected chi connectivity index (χ1v) is 11.6. The Labute approximate surface area is 187 Å². The Hall–Kier alpha value is -2.69. The van der Waals surface area contributed by atoms with Crippen molar-refractivity contribution in [1.29, 1.82) is 0 Å². The molecular formula is C26H25ClN4. The molecule has 1 aliphatic heterocycles. The lowest BCUT2D eigenvalue weighted by atomic mass is 9.77. The summed E-state index contributed by atoms with van der Waals surface area (Å²) in [6, 6.07) is 21.6. The van der Waals surface area contributed by atoms with Crippen molar-refractivity contribution in [2.24, 2.45) is 0 Å². The molecule has 0 saturated heterocycles. The summed E-state index contributed by atoms with van der Waals surface area (Å²) in [7, 11) is 0. The zero-order valence-electron chi connectivity index (χ0n) is 17.4.